The molecule has 0 unspecified atom stereocenters. The number of aromatic nitrogens is 2. The highest BCUT2D eigenvalue weighted by Gasteiger charge is 2.21. The molecule has 1 aliphatic heterocycles. The van der Waals surface area contributed by atoms with Gasteiger partial charge in [-0.2, -0.15) is 0 Å². The molecule has 110 valence electrons. The molecular formula is C15H18N4O2. The molecule has 0 saturated carbocycles. The first-order valence-corrected chi connectivity index (χ1v) is 7.08. The van der Waals surface area contributed by atoms with E-state index in [1.54, 1.807) is 0 Å². The molecule has 3 rings (SSSR count). The van der Waals surface area contributed by atoms with Crippen LogP contribution in [0.3, 0.4) is 0 Å². The van der Waals surface area contributed by atoms with Crippen LogP contribution in [0, 0.1) is 0 Å². The normalized spacial score (nSPS) is 14.6. The molecule has 2 heterocycles. The van der Waals surface area contributed by atoms with Crippen molar-refractivity contribution in [1.82, 2.24) is 9.55 Å². The Bertz CT molecular complexity index is 743. The van der Waals surface area contributed by atoms with Gasteiger partial charge in [-0.05, 0) is 18.4 Å². The fourth-order valence-corrected chi connectivity index (χ4v) is 2.75. The Morgan fingerprint density at radius 3 is 2.43 bits per heavy atom. The standard InChI is InChI=1S/C15H18N4O2/c16-13-12(18-8-4-5-9-18)14(20)17-15(21)19(13)10-11-6-2-1-3-7-11/h1-3,6-7H,4-5,8-10,16H2,(H,17,20,21). The molecule has 0 spiro atoms. The van der Waals surface area contributed by atoms with Crippen LogP contribution in [0.1, 0.15) is 18.4 Å². The predicted octanol–water partition coefficient (Wildman–Crippen LogP) is 0.767. The van der Waals surface area contributed by atoms with Gasteiger partial charge < -0.3 is 10.6 Å². The second kappa shape index (κ2) is 5.47. The maximum Gasteiger partial charge on any atom is 0.330 e. The van der Waals surface area contributed by atoms with Crippen molar-refractivity contribution in [3.63, 3.8) is 0 Å². The second-order valence-electron chi connectivity index (χ2n) is 5.26. The van der Waals surface area contributed by atoms with Crippen LogP contribution >= 0.6 is 0 Å². The van der Waals surface area contributed by atoms with E-state index >= 15 is 0 Å². The van der Waals surface area contributed by atoms with Crippen LogP contribution < -0.4 is 21.9 Å². The maximum atomic E-state index is 12.1. The highest BCUT2D eigenvalue weighted by Crippen LogP contribution is 2.21. The van der Waals surface area contributed by atoms with E-state index in [0.29, 0.717) is 12.2 Å². The minimum absolute atomic E-state index is 0.245. The van der Waals surface area contributed by atoms with Crippen molar-refractivity contribution in [3.8, 4) is 0 Å². The third-order valence-corrected chi connectivity index (χ3v) is 3.82. The van der Waals surface area contributed by atoms with Crippen LogP contribution in [-0.2, 0) is 6.54 Å². The molecule has 0 bridgehead atoms. The summed E-state index contributed by atoms with van der Waals surface area (Å²) < 4.78 is 1.42. The molecule has 1 aromatic carbocycles. The largest absolute Gasteiger partial charge is 0.383 e. The van der Waals surface area contributed by atoms with Gasteiger partial charge in [-0.1, -0.05) is 30.3 Å². The van der Waals surface area contributed by atoms with Gasteiger partial charge in [-0.15, -0.1) is 0 Å². The number of nitrogens with zero attached hydrogens (tertiary/aromatic N) is 2. The summed E-state index contributed by atoms with van der Waals surface area (Å²) in [7, 11) is 0. The lowest BCUT2D eigenvalue weighted by atomic mass is 10.2. The first kappa shape index (κ1) is 13.5. The van der Waals surface area contributed by atoms with E-state index in [1.165, 1.54) is 4.57 Å². The summed E-state index contributed by atoms with van der Waals surface area (Å²) in [6, 6.07) is 9.57. The van der Waals surface area contributed by atoms with Crippen LogP contribution in [-0.4, -0.2) is 22.6 Å². The summed E-state index contributed by atoms with van der Waals surface area (Å²) in [6.45, 7) is 1.96. The minimum atomic E-state index is -0.468. The van der Waals surface area contributed by atoms with Crippen LogP contribution in [0.2, 0.25) is 0 Å². The molecule has 0 amide bonds. The van der Waals surface area contributed by atoms with Gasteiger partial charge in [0.2, 0.25) is 0 Å². The third-order valence-electron chi connectivity index (χ3n) is 3.82. The molecule has 21 heavy (non-hydrogen) atoms. The molecule has 3 N–H and O–H groups in total. The number of nitrogen functional groups attached to an aromatic ring is 1. The number of benzene rings is 1. The maximum absolute atomic E-state index is 12.1. The van der Waals surface area contributed by atoms with Gasteiger partial charge in [0.25, 0.3) is 5.56 Å². The van der Waals surface area contributed by atoms with E-state index in [1.807, 2.05) is 35.2 Å². The van der Waals surface area contributed by atoms with Crippen molar-refractivity contribution < 1.29 is 0 Å². The Labute approximate surface area is 121 Å². The molecule has 6 heteroatoms. The lowest BCUT2D eigenvalue weighted by Crippen LogP contribution is -2.37. The van der Waals surface area contributed by atoms with E-state index in [4.69, 9.17) is 5.73 Å². The van der Waals surface area contributed by atoms with Crippen molar-refractivity contribution in [2.24, 2.45) is 0 Å². The van der Waals surface area contributed by atoms with Crippen molar-refractivity contribution in [3.05, 3.63) is 56.7 Å². The van der Waals surface area contributed by atoms with Gasteiger partial charge in [-0.3, -0.25) is 14.3 Å². The number of anilines is 2. The molecule has 0 atom stereocenters. The van der Waals surface area contributed by atoms with Crippen molar-refractivity contribution in [2.75, 3.05) is 23.7 Å². The smallest absolute Gasteiger partial charge is 0.330 e. The van der Waals surface area contributed by atoms with Crippen LogP contribution in [0.25, 0.3) is 0 Å². The molecule has 1 saturated heterocycles. The topological polar surface area (TPSA) is 84.1 Å². The quantitative estimate of drug-likeness (QED) is 0.873. The summed E-state index contributed by atoms with van der Waals surface area (Å²) in [5, 5.41) is 0. The van der Waals surface area contributed by atoms with E-state index in [9.17, 15) is 9.59 Å². The van der Waals surface area contributed by atoms with E-state index < -0.39 is 11.2 Å². The number of nitrogens with two attached hydrogens (primary N) is 1. The monoisotopic (exact) mass is 286 g/mol. The van der Waals surface area contributed by atoms with E-state index in [-0.39, 0.29) is 5.82 Å². The molecule has 0 aliphatic carbocycles. The highest BCUT2D eigenvalue weighted by atomic mass is 16.2. The molecule has 1 fully saturated rings. The second-order valence-corrected chi connectivity index (χ2v) is 5.26. The van der Waals surface area contributed by atoms with E-state index in [2.05, 4.69) is 4.98 Å². The number of H-pyrrole nitrogens is 1. The van der Waals surface area contributed by atoms with Crippen molar-refractivity contribution in [1.29, 1.82) is 0 Å². The predicted molar refractivity (Wildman–Crippen MR) is 82.7 cm³/mol. The number of rotatable bonds is 3. The molecule has 1 aromatic heterocycles. The average Bonchev–Trinajstić information content (AvgIpc) is 2.98. The molecule has 6 nitrogen and oxygen atoms in total. The lowest BCUT2D eigenvalue weighted by molar-refractivity contribution is 0.727. The SMILES string of the molecule is Nc1c(N2CCCC2)c(=O)[nH]c(=O)n1Cc1ccccc1. The van der Waals surface area contributed by atoms with Gasteiger partial charge in [0, 0.05) is 13.1 Å². The number of hydrogen-bond acceptors (Lipinski definition) is 4. The lowest BCUT2D eigenvalue weighted by Gasteiger charge is -2.20. The fraction of sp³-hybridized carbons (Fsp3) is 0.333. The first-order chi connectivity index (χ1) is 10.2. The molecule has 2 aromatic rings. The zero-order valence-corrected chi connectivity index (χ0v) is 11.7. The van der Waals surface area contributed by atoms with Gasteiger partial charge in [0.15, 0.2) is 0 Å². The number of aromatic amines is 1. The molecular weight excluding hydrogens is 268 g/mol. The Morgan fingerprint density at radius 2 is 1.76 bits per heavy atom. The summed E-state index contributed by atoms with van der Waals surface area (Å²) >= 11 is 0. The zero-order valence-electron chi connectivity index (χ0n) is 11.7. The number of nitrogens with one attached hydrogen (secondary N) is 1. The summed E-state index contributed by atoms with van der Waals surface area (Å²) in [5.74, 6) is 0.245. The summed E-state index contributed by atoms with van der Waals surface area (Å²) in [4.78, 5) is 28.4. The van der Waals surface area contributed by atoms with Crippen molar-refractivity contribution >= 4 is 11.5 Å². The van der Waals surface area contributed by atoms with Gasteiger partial charge in [0.05, 0.1) is 6.54 Å². The Morgan fingerprint density at radius 1 is 1.10 bits per heavy atom. The van der Waals surface area contributed by atoms with Gasteiger partial charge >= 0.3 is 5.69 Å². The Balaban J connectivity index is 2.06. The minimum Gasteiger partial charge on any atom is -0.383 e. The molecule has 1 aliphatic rings. The third kappa shape index (κ3) is 2.56. The van der Waals surface area contributed by atoms with Crippen molar-refractivity contribution in [2.45, 2.75) is 19.4 Å². The summed E-state index contributed by atoms with van der Waals surface area (Å²) in [5.41, 5.74) is 6.63. The highest BCUT2D eigenvalue weighted by molar-refractivity contribution is 5.63. The summed E-state index contributed by atoms with van der Waals surface area (Å²) in [6.07, 6.45) is 2.08. The van der Waals surface area contributed by atoms with E-state index in [0.717, 1.165) is 31.5 Å². The zero-order chi connectivity index (χ0) is 14.8. The fourth-order valence-electron chi connectivity index (χ4n) is 2.75. The first-order valence-electron chi connectivity index (χ1n) is 7.08. The van der Waals surface area contributed by atoms with Crippen LogP contribution in [0.5, 0.6) is 0 Å². The van der Waals surface area contributed by atoms with Crippen LogP contribution in [0.4, 0.5) is 11.5 Å². The number of hydrogen-bond donors (Lipinski definition) is 2. The Kier molecular flexibility index (Phi) is 3.51. The molecule has 0 radical (unpaired) electrons. The van der Waals surface area contributed by atoms with Crippen LogP contribution in [0.15, 0.2) is 39.9 Å². The average molecular weight is 286 g/mol. The Hall–Kier alpha value is -2.50. The van der Waals surface area contributed by atoms with Gasteiger partial charge in [0.1, 0.15) is 11.5 Å². The van der Waals surface area contributed by atoms with Gasteiger partial charge in [-0.25, -0.2) is 4.79 Å².